The Morgan fingerprint density at radius 1 is 1.20 bits per heavy atom. The molecule has 1 atom stereocenters. The maximum absolute atomic E-state index is 12.8. The van der Waals surface area contributed by atoms with Crippen LogP contribution in [0.4, 0.5) is 5.95 Å². The van der Waals surface area contributed by atoms with Gasteiger partial charge in [-0.15, -0.1) is 10.2 Å². The van der Waals surface area contributed by atoms with Gasteiger partial charge in [0.25, 0.3) is 0 Å². The molecule has 1 aliphatic rings. The third-order valence-corrected chi connectivity index (χ3v) is 5.56. The zero-order valence-electron chi connectivity index (χ0n) is 17.0. The van der Waals surface area contributed by atoms with Crippen molar-refractivity contribution in [1.29, 1.82) is 0 Å². The number of amides is 1. The minimum absolute atomic E-state index is 0.0290. The van der Waals surface area contributed by atoms with Gasteiger partial charge in [0.2, 0.25) is 11.9 Å². The topological polar surface area (TPSA) is 81.0 Å². The molecule has 0 bridgehead atoms. The van der Waals surface area contributed by atoms with Crippen LogP contribution >= 0.6 is 11.6 Å². The molecule has 0 spiro atoms. The van der Waals surface area contributed by atoms with Crippen molar-refractivity contribution in [3.63, 3.8) is 0 Å². The average molecular weight is 430 g/mol. The lowest BCUT2D eigenvalue weighted by atomic mass is 9.97. The van der Waals surface area contributed by atoms with Crippen LogP contribution < -0.4 is 19.7 Å². The number of methoxy groups -OCH3 is 2. The van der Waals surface area contributed by atoms with Gasteiger partial charge in [-0.25, -0.2) is 0 Å². The van der Waals surface area contributed by atoms with Gasteiger partial charge in [-0.3, -0.25) is 9.20 Å². The monoisotopic (exact) mass is 429 g/mol. The summed E-state index contributed by atoms with van der Waals surface area (Å²) < 4.78 is 12.5. The number of aromatic nitrogens is 3. The number of piperidine rings is 1. The van der Waals surface area contributed by atoms with Gasteiger partial charge in [-0.2, -0.15) is 0 Å². The first-order valence-electron chi connectivity index (χ1n) is 9.83. The van der Waals surface area contributed by atoms with Crippen LogP contribution in [-0.4, -0.2) is 47.8 Å². The van der Waals surface area contributed by atoms with Gasteiger partial charge in [-0.1, -0.05) is 17.7 Å². The van der Waals surface area contributed by atoms with E-state index in [9.17, 15) is 4.79 Å². The largest absolute Gasteiger partial charge is 0.493 e. The van der Waals surface area contributed by atoms with Gasteiger partial charge in [0.05, 0.1) is 25.2 Å². The number of ether oxygens (including phenoxy) is 2. The number of benzene rings is 1. The standard InChI is InChI=1S/C21H24ClN5O3/c1-29-17-7-5-14(10-18(17)30-2)11-23-20(28)15-4-3-9-26(12-15)21-25-24-19-8-6-16(22)13-27(19)21/h5-8,10,13,15H,3-4,9,11-12H2,1-2H3,(H,23,28)/t15-/m1/s1. The molecule has 0 unspecified atom stereocenters. The molecule has 2 aromatic heterocycles. The van der Waals surface area contributed by atoms with Crippen molar-refractivity contribution < 1.29 is 14.3 Å². The summed E-state index contributed by atoms with van der Waals surface area (Å²) in [7, 11) is 3.19. The molecule has 1 N–H and O–H groups in total. The SMILES string of the molecule is COc1ccc(CNC(=O)[C@@H]2CCCN(c3nnc4ccc(Cl)cn34)C2)cc1OC. The summed E-state index contributed by atoms with van der Waals surface area (Å²) in [5.74, 6) is 1.93. The number of carbonyl (C=O) groups excluding carboxylic acids is 1. The van der Waals surface area contributed by atoms with E-state index in [2.05, 4.69) is 20.4 Å². The number of anilines is 1. The molecule has 1 amide bonds. The zero-order chi connectivity index (χ0) is 21.1. The Kier molecular flexibility index (Phi) is 5.94. The Morgan fingerprint density at radius 3 is 2.83 bits per heavy atom. The Bertz CT molecular complexity index is 1050. The van der Waals surface area contributed by atoms with E-state index in [4.69, 9.17) is 21.1 Å². The first kappa shape index (κ1) is 20.3. The molecule has 0 aliphatic carbocycles. The summed E-state index contributed by atoms with van der Waals surface area (Å²) in [6.07, 6.45) is 3.54. The van der Waals surface area contributed by atoms with E-state index in [0.29, 0.717) is 35.6 Å². The Hall–Kier alpha value is -3.00. The molecule has 9 heteroatoms. The molecular formula is C21H24ClN5O3. The van der Waals surface area contributed by atoms with Gasteiger partial charge >= 0.3 is 0 Å². The highest BCUT2D eigenvalue weighted by Gasteiger charge is 2.28. The summed E-state index contributed by atoms with van der Waals surface area (Å²) in [6, 6.07) is 9.25. The lowest BCUT2D eigenvalue weighted by Gasteiger charge is -2.32. The molecule has 0 saturated carbocycles. The number of nitrogens with zero attached hydrogens (tertiary/aromatic N) is 4. The lowest BCUT2D eigenvalue weighted by molar-refractivity contribution is -0.125. The van der Waals surface area contributed by atoms with Crippen LogP contribution in [0.3, 0.4) is 0 Å². The van der Waals surface area contributed by atoms with E-state index in [1.165, 1.54) is 0 Å². The fraction of sp³-hybridized carbons (Fsp3) is 0.381. The van der Waals surface area contributed by atoms with Crippen LogP contribution in [0.2, 0.25) is 5.02 Å². The Balaban J connectivity index is 1.42. The zero-order valence-corrected chi connectivity index (χ0v) is 17.7. The highest BCUT2D eigenvalue weighted by molar-refractivity contribution is 6.30. The van der Waals surface area contributed by atoms with Crippen molar-refractivity contribution in [2.45, 2.75) is 19.4 Å². The maximum atomic E-state index is 12.8. The highest BCUT2D eigenvalue weighted by atomic mass is 35.5. The molecule has 3 aromatic rings. The van der Waals surface area contributed by atoms with Crippen molar-refractivity contribution in [2.24, 2.45) is 5.92 Å². The van der Waals surface area contributed by atoms with E-state index in [1.54, 1.807) is 26.5 Å². The quantitative estimate of drug-likeness (QED) is 0.648. The fourth-order valence-electron chi connectivity index (χ4n) is 3.77. The van der Waals surface area contributed by atoms with E-state index >= 15 is 0 Å². The minimum atomic E-state index is -0.120. The van der Waals surface area contributed by atoms with Crippen LogP contribution in [0.25, 0.3) is 5.65 Å². The molecule has 8 nitrogen and oxygen atoms in total. The number of hydrogen-bond acceptors (Lipinski definition) is 6. The lowest BCUT2D eigenvalue weighted by Crippen LogP contribution is -2.43. The molecule has 1 fully saturated rings. The maximum Gasteiger partial charge on any atom is 0.231 e. The molecule has 30 heavy (non-hydrogen) atoms. The van der Waals surface area contributed by atoms with Gasteiger partial charge in [0.1, 0.15) is 0 Å². The second-order valence-electron chi connectivity index (χ2n) is 7.27. The number of pyridine rings is 1. The fourth-order valence-corrected chi connectivity index (χ4v) is 3.93. The van der Waals surface area contributed by atoms with Crippen LogP contribution in [0.5, 0.6) is 11.5 Å². The number of rotatable bonds is 6. The van der Waals surface area contributed by atoms with Gasteiger partial charge in [-0.05, 0) is 42.7 Å². The summed E-state index contributed by atoms with van der Waals surface area (Å²) in [4.78, 5) is 14.9. The minimum Gasteiger partial charge on any atom is -0.493 e. The van der Waals surface area contributed by atoms with Gasteiger partial charge < -0.3 is 19.7 Å². The van der Waals surface area contributed by atoms with E-state index in [-0.39, 0.29) is 11.8 Å². The van der Waals surface area contributed by atoms with E-state index < -0.39 is 0 Å². The second kappa shape index (κ2) is 8.79. The molecular weight excluding hydrogens is 406 g/mol. The van der Waals surface area contributed by atoms with Crippen molar-refractivity contribution >= 4 is 29.1 Å². The van der Waals surface area contributed by atoms with Crippen LogP contribution in [0.15, 0.2) is 36.5 Å². The normalized spacial score (nSPS) is 16.5. The van der Waals surface area contributed by atoms with E-state index in [0.717, 1.165) is 30.6 Å². The predicted octanol–water partition coefficient (Wildman–Crippen LogP) is 2.93. The number of fused-ring (bicyclic) bond motifs is 1. The Morgan fingerprint density at radius 2 is 2.03 bits per heavy atom. The van der Waals surface area contributed by atoms with Crippen molar-refractivity contribution in [2.75, 3.05) is 32.2 Å². The third kappa shape index (κ3) is 4.14. The molecule has 1 saturated heterocycles. The molecule has 158 valence electrons. The van der Waals surface area contributed by atoms with Crippen LogP contribution in [-0.2, 0) is 11.3 Å². The summed E-state index contributed by atoms with van der Waals surface area (Å²) in [5.41, 5.74) is 1.68. The second-order valence-corrected chi connectivity index (χ2v) is 7.70. The number of carbonyl (C=O) groups is 1. The van der Waals surface area contributed by atoms with E-state index in [1.807, 2.05) is 28.7 Å². The molecule has 0 radical (unpaired) electrons. The number of hydrogen-bond donors (Lipinski definition) is 1. The molecule has 4 rings (SSSR count). The number of nitrogens with one attached hydrogen (secondary N) is 1. The van der Waals surface area contributed by atoms with Crippen molar-refractivity contribution in [1.82, 2.24) is 19.9 Å². The van der Waals surface area contributed by atoms with Crippen LogP contribution in [0, 0.1) is 5.92 Å². The predicted molar refractivity (Wildman–Crippen MR) is 114 cm³/mol. The van der Waals surface area contributed by atoms with Crippen molar-refractivity contribution in [3.05, 3.63) is 47.1 Å². The molecule has 1 aromatic carbocycles. The first-order valence-corrected chi connectivity index (χ1v) is 10.2. The van der Waals surface area contributed by atoms with Crippen LogP contribution in [0.1, 0.15) is 18.4 Å². The van der Waals surface area contributed by atoms with Gasteiger partial charge in [0.15, 0.2) is 17.1 Å². The summed E-state index contributed by atoms with van der Waals surface area (Å²) in [6.45, 7) is 1.84. The summed E-state index contributed by atoms with van der Waals surface area (Å²) >= 11 is 6.13. The number of halogens is 1. The molecule has 3 heterocycles. The first-order chi connectivity index (χ1) is 14.6. The van der Waals surface area contributed by atoms with Gasteiger partial charge in [0, 0.05) is 25.8 Å². The highest BCUT2D eigenvalue weighted by Crippen LogP contribution is 2.28. The Labute approximate surface area is 179 Å². The molecule has 1 aliphatic heterocycles. The van der Waals surface area contributed by atoms with Crippen molar-refractivity contribution in [3.8, 4) is 11.5 Å². The average Bonchev–Trinajstić information content (AvgIpc) is 3.20. The summed E-state index contributed by atoms with van der Waals surface area (Å²) in [5, 5.41) is 12.2. The third-order valence-electron chi connectivity index (χ3n) is 5.34. The smallest absolute Gasteiger partial charge is 0.231 e.